The van der Waals surface area contributed by atoms with Gasteiger partial charge in [0.15, 0.2) is 5.69 Å². The molecule has 2 aromatic heterocycles. The summed E-state index contributed by atoms with van der Waals surface area (Å²) in [7, 11) is 0. The molecular weight excluding hydrogens is 294 g/mol. The number of nitrogens with one attached hydrogen (secondary N) is 1. The third-order valence-corrected chi connectivity index (χ3v) is 4.36. The number of hydrogen-bond acceptors (Lipinski definition) is 8. The summed E-state index contributed by atoms with van der Waals surface area (Å²) in [4.78, 5) is 11.3. The Bertz CT molecular complexity index is 620. The SMILES string of the molecule is NNC(=O)c1cc(CSc2nnnn2C2CCCC2)on1. The summed E-state index contributed by atoms with van der Waals surface area (Å²) in [6.07, 6.45) is 4.66. The Hall–Kier alpha value is -1.94. The molecule has 1 saturated carbocycles. The summed E-state index contributed by atoms with van der Waals surface area (Å²) in [5, 5.41) is 16.2. The molecule has 1 fully saturated rings. The molecule has 0 saturated heterocycles. The maximum atomic E-state index is 11.3. The van der Waals surface area contributed by atoms with Gasteiger partial charge >= 0.3 is 0 Å². The third-order valence-electron chi connectivity index (χ3n) is 3.40. The number of nitrogens with zero attached hydrogens (tertiary/aromatic N) is 5. The summed E-state index contributed by atoms with van der Waals surface area (Å²) in [6.45, 7) is 0. The molecule has 0 aliphatic heterocycles. The standard InChI is InChI=1S/C11H15N7O2S/c12-13-10(19)9-5-8(20-15-9)6-21-11-14-16-17-18(11)7-3-1-2-4-7/h5,7H,1-4,6,12H2,(H,13,19). The van der Waals surface area contributed by atoms with Crippen LogP contribution in [-0.4, -0.2) is 31.3 Å². The lowest BCUT2D eigenvalue weighted by molar-refractivity contribution is 0.0944. The smallest absolute Gasteiger partial charge is 0.287 e. The number of nitrogens with two attached hydrogens (primary N) is 1. The lowest BCUT2D eigenvalue weighted by Gasteiger charge is -2.09. The Kier molecular flexibility index (Phi) is 4.15. The van der Waals surface area contributed by atoms with Gasteiger partial charge in [0, 0.05) is 6.07 Å². The first-order valence-electron chi connectivity index (χ1n) is 6.65. The quantitative estimate of drug-likeness (QED) is 0.357. The summed E-state index contributed by atoms with van der Waals surface area (Å²) in [5.74, 6) is 5.62. The fraction of sp³-hybridized carbons (Fsp3) is 0.545. The van der Waals surface area contributed by atoms with E-state index in [-0.39, 0.29) is 5.69 Å². The van der Waals surface area contributed by atoms with Crippen molar-refractivity contribution in [2.75, 3.05) is 0 Å². The van der Waals surface area contributed by atoms with Gasteiger partial charge in [-0.3, -0.25) is 10.2 Å². The van der Waals surface area contributed by atoms with Gasteiger partial charge in [0.2, 0.25) is 5.16 Å². The van der Waals surface area contributed by atoms with E-state index >= 15 is 0 Å². The molecule has 0 spiro atoms. The zero-order valence-corrected chi connectivity index (χ0v) is 12.0. The molecular formula is C11H15N7O2S. The van der Waals surface area contributed by atoms with Crippen LogP contribution in [0.4, 0.5) is 0 Å². The number of rotatable bonds is 5. The van der Waals surface area contributed by atoms with Crippen LogP contribution in [0.25, 0.3) is 0 Å². The van der Waals surface area contributed by atoms with E-state index in [9.17, 15) is 4.79 Å². The van der Waals surface area contributed by atoms with Crippen LogP contribution in [0.2, 0.25) is 0 Å². The fourth-order valence-corrected chi connectivity index (χ4v) is 3.18. The van der Waals surface area contributed by atoms with E-state index in [0.717, 1.165) is 18.0 Å². The average molecular weight is 309 g/mol. The van der Waals surface area contributed by atoms with E-state index in [1.54, 1.807) is 6.07 Å². The first kappa shape index (κ1) is 14.0. The van der Waals surface area contributed by atoms with Crippen molar-refractivity contribution in [3.05, 3.63) is 17.5 Å². The topological polar surface area (TPSA) is 125 Å². The second-order valence-electron chi connectivity index (χ2n) is 4.78. The van der Waals surface area contributed by atoms with Crippen LogP contribution in [0.1, 0.15) is 48.0 Å². The van der Waals surface area contributed by atoms with Crippen LogP contribution in [0.3, 0.4) is 0 Å². The monoisotopic (exact) mass is 309 g/mol. The molecule has 3 N–H and O–H groups in total. The molecule has 1 aliphatic carbocycles. The van der Waals surface area contributed by atoms with Crippen LogP contribution in [-0.2, 0) is 5.75 Å². The molecule has 1 amide bonds. The van der Waals surface area contributed by atoms with Crippen molar-refractivity contribution in [1.29, 1.82) is 0 Å². The Balaban J connectivity index is 1.64. The molecule has 2 heterocycles. The molecule has 0 unspecified atom stereocenters. The van der Waals surface area contributed by atoms with Gasteiger partial charge in [0.05, 0.1) is 11.8 Å². The maximum Gasteiger partial charge on any atom is 0.287 e. The second-order valence-corrected chi connectivity index (χ2v) is 5.73. The summed E-state index contributed by atoms with van der Waals surface area (Å²) in [6, 6.07) is 1.94. The van der Waals surface area contributed by atoms with Gasteiger partial charge < -0.3 is 4.52 Å². The fourth-order valence-electron chi connectivity index (χ4n) is 2.36. The van der Waals surface area contributed by atoms with Gasteiger partial charge in [-0.05, 0) is 23.3 Å². The van der Waals surface area contributed by atoms with Gasteiger partial charge in [0.1, 0.15) is 5.76 Å². The van der Waals surface area contributed by atoms with Gasteiger partial charge in [0.25, 0.3) is 5.91 Å². The van der Waals surface area contributed by atoms with Crippen LogP contribution in [0.5, 0.6) is 0 Å². The molecule has 0 aromatic carbocycles. The molecule has 2 aromatic rings. The third kappa shape index (κ3) is 3.05. The van der Waals surface area contributed by atoms with E-state index in [2.05, 4.69) is 20.7 Å². The number of hydrogen-bond donors (Lipinski definition) is 2. The Labute approximate surface area is 124 Å². The Morgan fingerprint density at radius 2 is 2.33 bits per heavy atom. The van der Waals surface area contributed by atoms with Gasteiger partial charge in [-0.2, -0.15) is 0 Å². The number of carbonyl (C=O) groups is 1. The van der Waals surface area contributed by atoms with E-state index in [1.165, 1.54) is 24.6 Å². The van der Waals surface area contributed by atoms with E-state index in [1.807, 2.05) is 10.1 Å². The predicted molar refractivity (Wildman–Crippen MR) is 73.0 cm³/mol. The first-order chi connectivity index (χ1) is 10.3. The minimum atomic E-state index is -0.481. The van der Waals surface area contributed by atoms with Crippen LogP contribution in [0.15, 0.2) is 15.7 Å². The van der Waals surface area contributed by atoms with Gasteiger partial charge in [-0.25, -0.2) is 10.5 Å². The number of tetrazole rings is 1. The van der Waals surface area contributed by atoms with Crippen molar-refractivity contribution in [2.45, 2.75) is 42.6 Å². The number of carbonyl (C=O) groups excluding carboxylic acids is 1. The second kappa shape index (κ2) is 6.22. The highest BCUT2D eigenvalue weighted by molar-refractivity contribution is 7.98. The zero-order valence-electron chi connectivity index (χ0n) is 11.2. The van der Waals surface area contributed by atoms with Crippen molar-refractivity contribution in [1.82, 2.24) is 30.8 Å². The summed E-state index contributed by atoms with van der Waals surface area (Å²) in [5.41, 5.74) is 2.16. The summed E-state index contributed by atoms with van der Waals surface area (Å²) >= 11 is 1.46. The van der Waals surface area contributed by atoms with Crippen molar-refractivity contribution in [3.63, 3.8) is 0 Å². The molecule has 9 nitrogen and oxygen atoms in total. The molecule has 0 atom stereocenters. The number of thioether (sulfide) groups is 1. The molecule has 10 heteroatoms. The number of nitrogen functional groups attached to an aromatic ring is 1. The minimum Gasteiger partial charge on any atom is -0.360 e. The molecule has 112 valence electrons. The normalized spacial score (nSPS) is 15.5. The molecule has 1 aliphatic rings. The number of hydrazine groups is 1. The largest absolute Gasteiger partial charge is 0.360 e. The molecule has 0 radical (unpaired) electrons. The molecule has 0 bridgehead atoms. The lowest BCUT2D eigenvalue weighted by Crippen LogP contribution is -2.30. The zero-order chi connectivity index (χ0) is 14.7. The highest BCUT2D eigenvalue weighted by Gasteiger charge is 2.22. The lowest BCUT2D eigenvalue weighted by atomic mass is 10.3. The molecule has 3 rings (SSSR count). The van der Waals surface area contributed by atoms with E-state index in [0.29, 0.717) is 17.6 Å². The van der Waals surface area contributed by atoms with E-state index < -0.39 is 5.91 Å². The number of aromatic nitrogens is 5. The minimum absolute atomic E-state index is 0.156. The van der Waals surface area contributed by atoms with Crippen molar-refractivity contribution < 1.29 is 9.32 Å². The van der Waals surface area contributed by atoms with Crippen LogP contribution in [0, 0.1) is 0 Å². The Morgan fingerprint density at radius 1 is 1.52 bits per heavy atom. The average Bonchev–Trinajstić information content (AvgIpc) is 3.22. The van der Waals surface area contributed by atoms with Gasteiger partial charge in [-0.1, -0.05) is 29.8 Å². The highest BCUT2D eigenvalue weighted by atomic mass is 32.2. The predicted octanol–water partition coefficient (Wildman–Crippen LogP) is 0.672. The molecule has 21 heavy (non-hydrogen) atoms. The van der Waals surface area contributed by atoms with Crippen LogP contribution >= 0.6 is 11.8 Å². The Morgan fingerprint density at radius 3 is 3.10 bits per heavy atom. The summed E-state index contributed by atoms with van der Waals surface area (Å²) < 4.78 is 6.96. The van der Waals surface area contributed by atoms with Gasteiger partial charge in [-0.15, -0.1) is 5.10 Å². The first-order valence-corrected chi connectivity index (χ1v) is 7.63. The van der Waals surface area contributed by atoms with E-state index in [4.69, 9.17) is 10.4 Å². The van der Waals surface area contributed by atoms with Crippen molar-refractivity contribution in [3.8, 4) is 0 Å². The number of amides is 1. The van der Waals surface area contributed by atoms with Crippen molar-refractivity contribution in [2.24, 2.45) is 5.84 Å². The highest BCUT2D eigenvalue weighted by Crippen LogP contribution is 2.32. The maximum absolute atomic E-state index is 11.3. The van der Waals surface area contributed by atoms with Crippen LogP contribution < -0.4 is 11.3 Å². The van der Waals surface area contributed by atoms with Crippen molar-refractivity contribution >= 4 is 17.7 Å².